The number of benzene rings is 2. The quantitative estimate of drug-likeness (QED) is 0.792. The van der Waals surface area contributed by atoms with Crippen LogP contribution in [0.25, 0.3) is 0 Å². The fraction of sp³-hybridized carbons (Fsp3) is 0.188. The Morgan fingerprint density at radius 3 is 2.33 bits per heavy atom. The standard InChI is InChI=1S/C16H11F3O2/c17-16(18,19)11-7-5-10(6-8-11)13-9-21-14-4-2-1-3-12(14)15(13)20/h1-8,13H,9H2/t13-/m1/s1. The van der Waals surface area contributed by atoms with Crippen molar-refractivity contribution < 1.29 is 22.7 Å². The summed E-state index contributed by atoms with van der Waals surface area (Å²) in [7, 11) is 0. The third-order valence-corrected chi connectivity index (χ3v) is 3.51. The van der Waals surface area contributed by atoms with Crippen molar-refractivity contribution in [3.63, 3.8) is 0 Å². The molecule has 1 aliphatic rings. The van der Waals surface area contributed by atoms with Crippen LogP contribution >= 0.6 is 0 Å². The molecule has 1 aliphatic heterocycles. The second-order valence-corrected chi connectivity index (χ2v) is 4.84. The van der Waals surface area contributed by atoms with E-state index < -0.39 is 17.7 Å². The summed E-state index contributed by atoms with van der Waals surface area (Å²) in [5.74, 6) is -0.176. The Bertz CT molecular complexity index is 675. The first-order valence-electron chi connectivity index (χ1n) is 6.40. The molecule has 0 N–H and O–H groups in total. The second-order valence-electron chi connectivity index (χ2n) is 4.84. The molecule has 108 valence electrons. The first kappa shape index (κ1) is 13.7. The average Bonchev–Trinajstić information content (AvgIpc) is 2.47. The zero-order valence-electron chi connectivity index (χ0n) is 10.9. The van der Waals surface area contributed by atoms with Crippen LogP contribution in [0, 0.1) is 0 Å². The van der Waals surface area contributed by atoms with Crippen LogP contribution < -0.4 is 4.74 Å². The summed E-state index contributed by atoms with van der Waals surface area (Å²) in [6.07, 6.45) is -4.38. The van der Waals surface area contributed by atoms with Crippen LogP contribution in [-0.4, -0.2) is 12.4 Å². The monoisotopic (exact) mass is 292 g/mol. The Balaban J connectivity index is 1.91. The number of Topliss-reactive ketones (excluding diaryl/α,β-unsaturated/α-hetero) is 1. The van der Waals surface area contributed by atoms with Gasteiger partial charge in [0.15, 0.2) is 5.78 Å². The van der Waals surface area contributed by atoms with E-state index in [2.05, 4.69) is 0 Å². The number of hydrogen-bond acceptors (Lipinski definition) is 2. The van der Waals surface area contributed by atoms with Crippen molar-refractivity contribution in [2.45, 2.75) is 12.1 Å². The minimum Gasteiger partial charge on any atom is -0.492 e. The lowest BCUT2D eigenvalue weighted by Crippen LogP contribution is -2.26. The summed E-state index contributed by atoms with van der Waals surface area (Å²) in [6.45, 7) is 0.140. The van der Waals surface area contributed by atoms with E-state index in [4.69, 9.17) is 4.74 Å². The van der Waals surface area contributed by atoms with Crippen LogP contribution in [0.15, 0.2) is 48.5 Å². The van der Waals surface area contributed by atoms with Crippen LogP contribution in [0.5, 0.6) is 5.75 Å². The van der Waals surface area contributed by atoms with Gasteiger partial charge in [0.05, 0.1) is 17.0 Å². The topological polar surface area (TPSA) is 26.3 Å². The van der Waals surface area contributed by atoms with Gasteiger partial charge < -0.3 is 4.74 Å². The highest BCUT2D eigenvalue weighted by Crippen LogP contribution is 2.34. The van der Waals surface area contributed by atoms with Gasteiger partial charge in [-0.05, 0) is 29.8 Å². The Kier molecular flexibility index (Phi) is 3.20. The molecule has 0 bridgehead atoms. The van der Waals surface area contributed by atoms with Crippen molar-refractivity contribution in [1.29, 1.82) is 0 Å². The molecular weight excluding hydrogens is 281 g/mol. The molecule has 0 spiro atoms. The number of halogens is 3. The first-order valence-corrected chi connectivity index (χ1v) is 6.40. The maximum absolute atomic E-state index is 12.5. The molecule has 0 saturated heterocycles. The average molecular weight is 292 g/mol. The number of fused-ring (bicyclic) bond motifs is 1. The van der Waals surface area contributed by atoms with Crippen LogP contribution in [0.1, 0.15) is 27.4 Å². The molecule has 0 unspecified atom stereocenters. The summed E-state index contributed by atoms with van der Waals surface area (Å²) >= 11 is 0. The second kappa shape index (κ2) is 4.91. The molecule has 0 saturated carbocycles. The lowest BCUT2D eigenvalue weighted by molar-refractivity contribution is -0.137. The number of alkyl halides is 3. The van der Waals surface area contributed by atoms with Crippen molar-refractivity contribution in [2.24, 2.45) is 0 Å². The highest BCUT2D eigenvalue weighted by Gasteiger charge is 2.32. The Morgan fingerprint density at radius 2 is 1.67 bits per heavy atom. The number of carbonyl (C=O) groups excluding carboxylic acids is 1. The number of carbonyl (C=O) groups is 1. The minimum absolute atomic E-state index is 0.128. The molecule has 21 heavy (non-hydrogen) atoms. The first-order chi connectivity index (χ1) is 9.97. The third kappa shape index (κ3) is 2.51. The number of hydrogen-bond donors (Lipinski definition) is 0. The SMILES string of the molecule is O=C1c2ccccc2OC[C@@H]1c1ccc(C(F)(F)F)cc1. The van der Waals surface area contributed by atoms with Gasteiger partial charge >= 0.3 is 6.18 Å². The van der Waals surface area contributed by atoms with Crippen molar-refractivity contribution >= 4 is 5.78 Å². The van der Waals surface area contributed by atoms with E-state index in [1.165, 1.54) is 12.1 Å². The van der Waals surface area contributed by atoms with Gasteiger partial charge in [0.1, 0.15) is 12.4 Å². The van der Waals surface area contributed by atoms with Crippen LogP contribution in [0.3, 0.4) is 0 Å². The predicted octanol–water partition coefficient (Wildman–Crippen LogP) is 4.06. The number of rotatable bonds is 1. The van der Waals surface area contributed by atoms with Gasteiger partial charge in [-0.25, -0.2) is 0 Å². The maximum atomic E-state index is 12.5. The van der Waals surface area contributed by atoms with Gasteiger partial charge in [-0.2, -0.15) is 13.2 Å². The van der Waals surface area contributed by atoms with Crippen molar-refractivity contribution in [2.75, 3.05) is 6.61 Å². The lowest BCUT2D eigenvalue weighted by atomic mass is 9.88. The zero-order chi connectivity index (χ0) is 15.0. The number of para-hydroxylation sites is 1. The van der Waals surface area contributed by atoms with Gasteiger partial charge in [-0.3, -0.25) is 4.79 Å². The van der Waals surface area contributed by atoms with E-state index in [1.807, 2.05) is 0 Å². The molecule has 2 aromatic carbocycles. The highest BCUT2D eigenvalue weighted by atomic mass is 19.4. The van der Waals surface area contributed by atoms with Crippen LogP contribution in [0.2, 0.25) is 0 Å². The molecule has 3 rings (SSSR count). The Labute approximate surface area is 119 Å². The summed E-state index contributed by atoms with van der Waals surface area (Å²) in [5, 5.41) is 0. The van der Waals surface area contributed by atoms with E-state index >= 15 is 0 Å². The fourth-order valence-electron chi connectivity index (χ4n) is 2.38. The van der Waals surface area contributed by atoms with Gasteiger partial charge in [0.25, 0.3) is 0 Å². The van der Waals surface area contributed by atoms with Crippen LogP contribution in [-0.2, 0) is 6.18 Å². The largest absolute Gasteiger partial charge is 0.492 e. The van der Waals surface area contributed by atoms with E-state index in [0.29, 0.717) is 16.9 Å². The molecule has 1 heterocycles. The molecular formula is C16H11F3O2. The summed E-state index contributed by atoms with van der Waals surface area (Å²) in [4.78, 5) is 12.4. The van der Waals surface area contributed by atoms with E-state index in [0.717, 1.165) is 12.1 Å². The lowest BCUT2D eigenvalue weighted by Gasteiger charge is -2.24. The molecule has 2 nitrogen and oxygen atoms in total. The predicted molar refractivity (Wildman–Crippen MR) is 70.5 cm³/mol. The third-order valence-electron chi connectivity index (χ3n) is 3.51. The molecule has 1 atom stereocenters. The minimum atomic E-state index is -4.38. The molecule has 5 heteroatoms. The number of ether oxygens (including phenoxy) is 1. The zero-order valence-corrected chi connectivity index (χ0v) is 10.9. The highest BCUT2D eigenvalue weighted by molar-refractivity contribution is 6.04. The normalized spacial score (nSPS) is 18.0. The summed E-state index contributed by atoms with van der Waals surface area (Å²) < 4.78 is 43.1. The number of ketones is 1. The smallest absolute Gasteiger partial charge is 0.416 e. The summed E-state index contributed by atoms with van der Waals surface area (Å²) in [6, 6.07) is 11.5. The molecule has 0 amide bonds. The fourth-order valence-corrected chi connectivity index (χ4v) is 2.38. The van der Waals surface area contributed by atoms with Crippen molar-refractivity contribution in [1.82, 2.24) is 0 Å². The molecule has 0 aliphatic carbocycles. The molecule has 0 aromatic heterocycles. The Hall–Kier alpha value is -2.30. The van der Waals surface area contributed by atoms with Crippen molar-refractivity contribution in [3.05, 3.63) is 65.2 Å². The van der Waals surface area contributed by atoms with Gasteiger partial charge in [0, 0.05) is 0 Å². The van der Waals surface area contributed by atoms with Gasteiger partial charge in [-0.15, -0.1) is 0 Å². The summed E-state index contributed by atoms with van der Waals surface area (Å²) in [5.41, 5.74) is 0.270. The van der Waals surface area contributed by atoms with Crippen molar-refractivity contribution in [3.8, 4) is 5.75 Å². The molecule has 2 aromatic rings. The van der Waals surface area contributed by atoms with Gasteiger partial charge in [-0.1, -0.05) is 24.3 Å². The molecule has 0 radical (unpaired) electrons. The molecule has 0 fully saturated rings. The van der Waals surface area contributed by atoms with Gasteiger partial charge in [0.2, 0.25) is 0 Å². The maximum Gasteiger partial charge on any atom is 0.416 e. The Morgan fingerprint density at radius 1 is 1.00 bits per heavy atom. The van der Waals surface area contributed by atoms with E-state index in [-0.39, 0.29) is 12.4 Å². The van der Waals surface area contributed by atoms with E-state index in [9.17, 15) is 18.0 Å². The van der Waals surface area contributed by atoms with Crippen LogP contribution in [0.4, 0.5) is 13.2 Å². The van der Waals surface area contributed by atoms with E-state index in [1.54, 1.807) is 24.3 Å².